The minimum absolute atomic E-state index is 0.0310. The van der Waals surface area contributed by atoms with Crippen LogP contribution in [-0.4, -0.2) is 42.2 Å². The van der Waals surface area contributed by atoms with E-state index in [-0.39, 0.29) is 16.5 Å². The highest BCUT2D eigenvalue weighted by atomic mass is 32.2. The van der Waals surface area contributed by atoms with Crippen molar-refractivity contribution >= 4 is 10.1 Å². The Labute approximate surface area is 172 Å². The van der Waals surface area contributed by atoms with E-state index in [1.165, 1.54) is 30.8 Å². The summed E-state index contributed by atoms with van der Waals surface area (Å²) in [6.07, 6.45) is 3.74. The van der Waals surface area contributed by atoms with E-state index >= 15 is 0 Å². The molecule has 3 rings (SSSR count). The molecule has 160 valence electrons. The van der Waals surface area contributed by atoms with Crippen molar-refractivity contribution in [2.24, 2.45) is 5.41 Å². The second-order valence-corrected chi connectivity index (χ2v) is 9.17. The first-order valence-corrected chi connectivity index (χ1v) is 11.0. The van der Waals surface area contributed by atoms with Gasteiger partial charge in [0.05, 0.1) is 11.1 Å². The number of pyridine rings is 1. The van der Waals surface area contributed by atoms with Gasteiger partial charge in [-0.1, -0.05) is 38.5 Å². The highest BCUT2D eigenvalue weighted by Gasteiger charge is 2.37. The minimum Gasteiger partial charge on any atom is -0.744 e. The molecule has 1 saturated heterocycles. The van der Waals surface area contributed by atoms with Crippen LogP contribution in [0, 0.1) is 18.3 Å². The van der Waals surface area contributed by atoms with E-state index in [1.54, 1.807) is 18.2 Å². The summed E-state index contributed by atoms with van der Waals surface area (Å²) in [6.45, 7) is 10.5. The third-order valence-corrected chi connectivity index (χ3v) is 5.91. The predicted molar refractivity (Wildman–Crippen MR) is 108 cm³/mol. The van der Waals surface area contributed by atoms with Gasteiger partial charge in [0.1, 0.15) is 15.9 Å². The van der Waals surface area contributed by atoms with Crippen molar-refractivity contribution in [2.45, 2.75) is 51.7 Å². The Morgan fingerprint density at radius 1 is 1.21 bits per heavy atom. The van der Waals surface area contributed by atoms with Crippen molar-refractivity contribution in [1.82, 2.24) is 9.88 Å². The van der Waals surface area contributed by atoms with Crippen LogP contribution >= 0.6 is 0 Å². The second kappa shape index (κ2) is 9.65. The molecule has 0 aliphatic carbocycles. The topological polar surface area (TPSA) is 82.6 Å². The molecule has 0 saturated carbocycles. The molecular weight excluding hydrogens is 395 g/mol. The summed E-state index contributed by atoms with van der Waals surface area (Å²) in [6, 6.07) is 8.76. The lowest BCUT2D eigenvalue weighted by molar-refractivity contribution is -0.0886. The summed E-state index contributed by atoms with van der Waals surface area (Å²) in [5.74, 6) is 0.160. The minimum atomic E-state index is -4.27. The van der Waals surface area contributed by atoms with Crippen molar-refractivity contribution < 1.29 is 22.1 Å². The van der Waals surface area contributed by atoms with Crippen molar-refractivity contribution in [3.05, 3.63) is 54.1 Å². The summed E-state index contributed by atoms with van der Waals surface area (Å²) in [5.41, 5.74) is 0.992. The fourth-order valence-corrected chi connectivity index (χ4v) is 3.21. The highest BCUT2D eigenvalue weighted by molar-refractivity contribution is 7.85. The number of likely N-dealkylation sites (tertiary alicyclic amines) is 1. The van der Waals surface area contributed by atoms with E-state index < -0.39 is 16.1 Å². The highest BCUT2D eigenvalue weighted by Crippen LogP contribution is 2.33. The Morgan fingerprint density at radius 3 is 2.24 bits per heavy atom. The molecule has 8 heteroatoms. The summed E-state index contributed by atoms with van der Waals surface area (Å²) in [4.78, 5) is 5.78. The van der Waals surface area contributed by atoms with Crippen LogP contribution in [0.1, 0.15) is 39.2 Å². The SMILES string of the molecule is CCC(C)(C)C(Oc1ccc(F)nc1)N1CCC1.Cc1ccc(S(=O)(=O)[O-])cc1. The zero-order valence-corrected chi connectivity index (χ0v) is 18.1. The molecule has 2 heterocycles. The maximum atomic E-state index is 12.8. The van der Waals surface area contributed by atoms with Crippen LogP contribution in [0.2, 0.25) is 0 Å². The number of benzene rings is 1. The number of ether oxygens (including phenoxy) is 1. The largest absolute Gasteiger partial charge is 0.744 e. The first kappa shape index (κ1) is 23.3. The van der Waals surface area contributed by atoms with Crippen LogP contribution < -0.4 is 4.74 Å². The molecule has 0 spiro atoms. The normalized spacial score (nSPS) is 15.7. The monoisotopic (exact) mass is 423 g/mol. The lowest BCUT2D eigenvalue weighted by Crippen LogP contribution is -2.54. The Bertz CT molecular complexity index is 880. The number of aryl methyl sites for hydroxylation is 1. The molecule has 1 aromatic heterocycles. The standard InChI is InChI=1S/C14H21FN2O.C7H8O3S/c1-4-14(2,3)13(17-8-5-9-17)18-11-6-7-12(15)16-10-11;1-6-2-4-7(5-3-6)11(8,9)10/h6-7,10,13H,4-5,8-9H2,1-3H3;2-5H,1H3,(H,8,9,10)/p-1. The van der Waals surface area contributed by atoms with E-state index in [2.05, 4.69) is 30.7 Å². The van der Waals surface area contributed by atoms with E-state index in [9.17, 15) is 17.4 Å². The van der Waals surface area contributed by atoms with E-state index in [4.69, 9.17) is 4.74 Å². The average molecular weight is 424 g/mol. The maximum absolute atomic E-state index is 12.8. The van der Waals surface area contributed by atoms with Gasteiger partial charge in [-0.25, -0.2) is 13.4 Å². The van der Waals surface area contributed by atoms with Crippen LogP contribution in [0.4, 0.5) is 4.39 Å². The van der Waals surface area contributed by atoms with Crippen LogP contribution in [-0.2, 0) is 10.1 Å². The molecule has 1 fully saturated rings. The van der Waals surface area contributed by atoms with Gasteiger partial charge in [-0.3, -0.25) is 4.90 Å². The second-order valence-electron chi connectivity index (χ2n) is 7.79. The predicted octanol–water partition coefficient (Wildman–Crippen LogP) is 3.97. The summed E-state index contributed by atoms with van der Waals surface area (Å²) in [5, 5.41) is 0. The fourth-order valence-electron chi connectivity index (χ4n) is 2.74. The molecule has 0 N–H and O–H groups in total. The molecule has 0 amide bonds. The maximum Gasteiger partial charge on any atom is 0.213 e. The molecule has 1 aliphatic rings. The third-order valence-electron chi connectivity index (χ3n) is 5.06. The van der Waals surface area contributed by atoms with E-state index in [0.29, 0.717) is 5.75 Å². The number of rotatable bonds is 6. The molecule has 0 bridgehead atoms. The Hall–Kier alpha value is -2.03. The molecular formula is C21H28FN2O4S-. The summed E-state index contributed by atoms with van der Waals surface area (Å²) >= 11 is 0. The van der Waals surface area contributed by atoms with Crippen LogP contribution in [0.15, 0.2) is 47.5 Å². The van der Waals surface area contributed by atoms with Gasteiger partial charge in [0, 0.05) is 18.5 Å². The Balaban J connectivity index is 0.000000234. The van der Waals surface area contributed by atoms with Crippen LogP contribution in [0.25, 0.3) is 0 Å². The lowest BCUT2D eigenvalue weighted by Gasteiger charge is -2.45. The fraction of sp³-hybridized carbons (Fsp3) is 0.476. The van der Waals surface area contributed by atoms with Gasteiger partial charge < -0.3 is 9.29 Å². The van der Waals surface area contributed by atoms with Crippen molar-refractivity contribution in [3.63, 3.8) is 0 Å². The lowest BCUT2D eigenvalue weighted by atomic mass is 9.86. The first-order chi connectivity index (χ1) is 13.5. The van der Waals surface area contributed by atoms with Crippen molar-refractivity contribution in [3.8, 4) is 5.75 Å². The van der Waals surface area contributed by atoms with Crippen LogP contribution in [0.5, 0.6) is 5.75 Å². The van der Waals surface area contributed by atoms with Crippen molar-refractivity contribution in [1.29, 1.82) is 0 Å². The van der Waals surface area contributed by atoms with Gasteiger partial charge in [0.25, 0.3) is 0 Å². The summed E-state index contributed by atoms with van der Waals surface area (Å²) in [7, 11) is -4.27. The van der Waals surface area contributed by atoms with Crippen molar-refractivity contribution in [2.75, 3.05) is 13.1 Å². The molecule has 1 aliphatic heterocycles. The third kappa shape index (κ3) is 6.76. The summed E-state index contributed by atoms with van der Waals surface area (Å²) < 4.78 is 50.0. The van der Waals surface area contributed by atoms with Gasteiger partial charge in [0.15, 0.2) is 6.23 Å². The molecule has 1 aromatic carbocycles. The van der Waals surface area contributed by atoms with Crippen LogP contribution in [0.3, 0.4) is 0 Å². The smallest absolute Gasteiger partial charge is 0.213 e. The van der Waals surface area contributed by atoms with Gasteiger partial charge >= 0.3 is 0 Å². The average Bonchev–Trinajstić information content (AvgIpc) is 2.61. The first-order valence-electron chi connectivity index (χ1n) is 9.58. The van der Waals surface area contributed by atoms with Gasteiger partial charge in [-0.05, 0) is 44.0 Å². The number of aromatic nitrogens is 1. The van der Waals surface area contributed by atoms with Gasteiger partial charge in [0.2, 0.25) is 5.95 Å². The molecule has 0 radical (unpaired) electrons. The zero-order valence-electron chi connectivity index (χ0n) is 17.3. The Kier molecular flexibility index (Phi) is 7.73. The molecule has 1 atom stereocenters. The van der Waals surface area contributed by atoms with Gasteiger partial charge in [-0.15, -0.1) is 0 Å². The Morgan fingerprint density at radius 2 is 1.83 bits per heavy atom. The van der Waals surface area contributed by atoms with Gasteiger partial charge in [-0.2, -0.15) is 4.39 Å². The molecule has 1 unspecified atom stereocenters. The number of nitrogens with zero attached hydrogens (tertiary/aromatic N) is 2. The molecule has 2 aromatic rings. The number of hydrogen-bond acceptors (Lipinski definition) is 6. The number of halogens is 1. The number of hydrogen-bond donors (Lipinski definition) is 0. The van der Waals surface area contributed by atoms with E-state index in [0.717, 1.165) is 25.1 Å². The van der Waals surface area contributed by atoms with E-state index in [1.807, 2.05) is 6.92 Å². The zero-order chi connectivity index (χ0) is 21.7. The molecule has 6 nitrogen and oxygen atoms in total. The molecule has 29 heavy (non-hydrogen) atoms. The quantitative estimate of drug-likeness (QED) is 0.517.